The zero-order valence-electron chi connectivity index (χ0n) is 13.8. The van der Waals surface area contributed by atoms with Gasteiger partial charge in [0.2, 0.25) is 0 Å². The number of hydrogen-bond donors (Lipinski definition) is 1. The number of nitrogens with two attached hydrogens (primary N) is 1. The Labute approximate surface area is 129 Å². The molecule has 0 aromatic carbocycles. The Bertz CT molecular complexity index is 784. The molecule has 2 N–H and O–H groups in total. The van der Waals surface area contributed by atoms with Crippen LogP contribution in [0.2, 0.25) is 0 Å². The Morgan fingerprint density at radius 1 is 1.23 bits per heavy atom. The van der Waals surface area contributed by atoms with Gasteiger partial charge in [0.05, 0.1) is 0 Å². The maximum atomic E-state index is 12.8. The van der Waals surface area contributed by atoms with Crippen molar-refractivity contribution in [2.45, 2.75) is 59.7 Å². The van der Waals surface area contributed by atoms with Crippen LogP contribution in [0, 0.1) is 6.92 Å². The van der Waals surface area contributed by atoms with Gasteiger partial charge in [0.15, 0.2) is 11.2 Å². The Morgan fingerprint density at radius 2 is 1.91 bits per heavy atom. The van der Waals surface area contributed by atoms with Crippen LogP contribution in [0.25, 0.3) is 11.2 Å². The normalized spacial score (nSPS) is 13.0. The second-order valence-electron chi connectivity index (χ2n) is 5.58. The molecule has 7 nitrogen and oxygen atoms in total. The molecule has 0 radical (unpaired) electrons. The van der Waals surface area contributed by atoms with E-state index in [-0.39, 0.29) is 17.3 Å². The van der Waals surface area contributed by atoms with Crippen molar-refractivity contribution in [2.24, 2.45) is 5.73 Å². The summed E-state index contributed by atoms with van der Waals surface area (Å²) in [5.41, 5.74) is 5.98. The Morgan fingerprint density at radius 3 is 2.45 bits per heavy atom. The van der Waals surface area contributed by atoms with Crippen LogP contribution in [-0.2, 0) is 13.1 Å². The van der Waals surface area contributed by atoms with Gasteiger partial charge in [-0.1, -0.05) is 6.92 Å². The van der Waals surface area contributed by atoms with Crippen LogP contribution < -0.4 is 17.0 Å². The molecule has 0 aliphatic carbocycles. The van der Waals surface area contributed by atoms with Crippen molar-refractivity contribution in [1.29, 1.82) is 0 Å². The highest BCUT2D eigenvalue weighted by Crippen LogP contribution is 2.16. The zero-order chi connectivity index (χ0) is 16.4. The Balaban J connectivity index is 2.92. The minimum absolute atomic E-state index is 0.0145. The first-order valence-electron chi connectivity index (χ1n) is 7.90. The molecule has 1 unspecified atom stereocenters. The van der Waals surface area contributed by atoms with E-state index in [9.17, 15) is 9.59 Å². The van der Waals surface area contributed by atoms with Gasteiger partial charge in [-0.3, -0.25) is 13.9 Å². The number of nitrogens with zero attached hydrogens (tertiary/aromatic N) is 4. The molecule has 7 heteroatoms. The zero-order valence-corrected chi connectivity index (χ0v) is 13.8. The lowest BCUT2D eigenvalue weighted by Gasteiger charge is -2.16. The largest absolute Gasteiger partial charge is 0.332 e. The lowest BCUT2D eigenvalue weighted by atomic mass is 10.2. The third-order valence-electron chi connectivity index (χ3n) is 4.19. The first-order valence-corrected chi connectivity index (χ1v) is 7.90. The molecular formula is C15H25N5O2. The second-order valence-corrected chi connectivity index (χ2v) is 5.58. The number of rotatable bonds is 6. The standard InChI is InChI=1S/C15H25N5O2/c1-5-10(3)20-13-12(18(6-2)11(4)17-13)14(21)19(15(20)22)9-7-8-16/h10H,5-9,16H2,1-4H3. The van der Waals surface area contributed by atoms with Crippen molar-refractivity contribution < 1.29 is 0 Å². The first-order chi connectivity index (χ1) is 10.5. The predicted octanol–water partition coefficient (Wildman–Crippen LogP) is 1.01. The smallest absolute Gasteiger partial charge is 0.330 e. The van der Waals surface area contributed by atoms with Gasteiger partial charge in [-0.05, 0) is 40.2 Å². The first kappa shape index (κ1) is 16.5. The molecule has 0 saturated heterocycles. The Kier molecular flexibility index (Phi) is 4.85. The van der Waals surface area contributed by atoms with Gasteiger partial charge < -0.3 is 10.3 Å². The average molecular weight is 307 g/mol. The van der Waals surface area contributed by atoms with Gasteiger partial charge in [-0.15, -0.1) is 0 Å². The molecule has 0 amide bonds. The highest BCUT2D eigenvalue weighted by atomic mass is 16.2. The van der Waals surface area contributed by atoms with Gasteiger partial charge in [-0.2, -0.15) is 0 Å². The van der Waals surface area contributed by atoms with Crippen LogP contribution in [0.5, 0.6) is 0 Å². The fourth-order valence-electron chi connectivity index (χ4n) is 2.78. The lowest BCUT2D eigenvalue weighted by molar-refractivity contribution is 0.478. The predicted molar refractivity (Wildman–Crippen MR) is 87.3 cm³/mol. The van der Waals surface area contributed by atoms with E-state index < -0.39 is 0 Å². The molecule has 0 aliphatic rings. The van der Waals surface area contributed by atoms with Gasteiger partial charge in [0, 0.05) is 19.1 Å². The van der Waals surface area contributed by atoms with Crippen molar-refractivity contribution in [1.82, 2.24) is 18.7 Å². The number of aromatic nitrogens is 4. The monoisotopic (exact) mass is 307 g/mol. The van der Waals surface area contributed by atoms with E-state index in [2.05, 4.69) is 4.98 Å². The molecule has 0 aliphatic heterocycles. The molecule has 2 aromatic heterocycles. The van der Waals surface area contributed by atoms with Crippen LogP contribution in [0.1, 0.15) is 45.5 Å². The highest BCUT2D eigenvalue weighted by Gasteiger charge is 2.21. The quantitative estimate of drug-likeness (QED) is 0.862. The van der Waals surface area contributed by atoms with E-state index in [0.29, 0.717) is 37.2 Å². The van der Waals surface area contributed by atoms with Crippen molar-refractivity contribution in [3.05, 3.63) is 26.7 Å². The van der Waals surface area contributed by atoms with Crippen molar-refractivity contribution in [3.63, 3.8) is 0 Å². The van der Waals surface area contributed by atoms with E-state index in [1.165, 1.54) is 4.57 Å². The maximum Gasteiger partial charge on any atom is 0.332 e. The summed E-state index contributed by atoms with van der Waals surface area (Å²) in [6.07, 6.45) is 1.39. The molecule has 122 valence electrons. The summed E-state index contributed by atoms with van der Waals surface area (Å²) >= 11 is 0. The summed E-state index contributed by atoms with van der Waals surface area (Å²) in [7, 11) is 0. The molecule has 0 bridgehead atoms. The fourth-order valence-corrected chi connectivity index (χ4v) is 2.78. The summed E-state index contributed by atoms with van der Waals surface area (Å²) in [5.74, 6) is 0.752. The highest BCUT2D eigenvalue weighted by molar-refractivity contribution is 5.71. The number of imidazole rings is 1. The van der Waals surface area contributed by atoms with Crippen molar-refractivity contribution in [3.8, 4) is 0 Å². The number of hydrogen-bond acceptors (Lipinski definition) is 4. The minimum Gasteiger partial charge on any atom is -0.330 e. The van der Waals surface area contributed by atoms with Crippen molar-refractivity contribution in [2.75, 3.05) is 6.54 Å². The Hall–Kier alpha value is -1.89. The third-order valence-corrected chi connectivity index (χ3v) is 4.19. The summed E-state index contributed by atoms with van der Waals surface area (Å²) < 4.78 is 4.82. The summed E-state index contributed by atoms with van der Waals surface area (Å²) in [6.45, 7) is 9.25. The van der Waals surface area contributed by atoms with Gasteiger partial charge in [-0.25, -0.2) is 9.78 Å². The van der Waals surface area contributed by atoms with Crippen LogP contribution >= 0.6 is 0 Å². The minimum atomic E-state index is -0.291. The van der Waals surface area contributed by atoms with Crippen molar-refractivity contribution >= 4 is 11.2 Å². The average Bonchev–Trinajstić information content (AvgIpc) is 2.83. The molecule has 2 aromatic rings. The summed E-state index contributed by atoms with van der Waals surface area (Å²) in [4.78, 5) is 30.0. The molecular weight excluding hydrogens is 282 g/mol. The third kappa shape index (κ3) is 2.49. The topological polar surface area (TPSA) is 87.8 Å². The van der Waals surface area contributed by atoms with Crippen LogP contribution in [0.3, 0.4) is 0 Å². The molecule has 1 atom stereocenters. The van der Waals surface area contributed by atoms with Crippen LogP contribution in [0.15, 0.2) is 9.59 Å². The molecule has 2 heterocycles. The summed E-state index contributed by atoms with van der Waals surface area (Å²) in [5, 5.41) is 0. The lowest BCUT2D eigenvalue weighted by Crippen LogP contribution is -2.42. The maximum absolute atomic E-state index is 12.8. The van der Waals surface area contributed by atoms with Crippen LogP contribution in [-0.4, -0.2) is 25.2 Å². The number of aryl methyl sites for hydroxylation is 2. The van der Waals surface area contributed by atoms with E-state index in [1.54, 1.807) is 4.57 Å². The van der Waals surface area contributed by atoms with Crippen LogP contribution in [0.4, 0.5) is 0 Å². The number of fused-ring (bicyclic) bond motifs is 1. The van der Waals surface area contributed by atoms with Gasteiger partial charge in [0.1, 0.15) is 5.82 Å². The summed E-state index contributed by atoms with van der Waals surface area (Å²) in [6, 6.07) is -0.0145. The molecule has 0 spiro atoms. The SMILES string of the molecule is CCC(C)n1c(=O)n(CCCN)c(=O)c2c1nc(C)n2CC. The van der Waals surface area contributed by atoms with Gasteiger partial charge >= 0.3 is 5.69 Å². The molecule has 0 fully saturated rings. The molecule has 22 heavy (non-hydrogen) atoms. The van der Waals surface area contributed by atoms with E-state index in [4.69, 9.17) is 5.73 Å². The van der Waals surface area contributed by atoms with E-state index >= 15 is 0 Å². The van der Waals surface area contributed by atoms with E-state index in [0.717, 1.165) is 12.2 Å². The van der Waals surface area contributed by atoms with E-state index in [1.807, 2.05) is 32.3 Å². The van der Waals surface area contributed by atoms with Gasteiger partial charge in [0.25, 0.3) is 5.56 Å². The second kappa shape index (κ2) is 6.48. The fraction of sp³-hybridized carbons (Fsp3) is 0.667. The molecule has 2 rings (SSSR count). The molecule has 0 saturated carbocycles.